The number of benzene rings is 5. The van der Waals surface area contributed by atoms with Gasteiger partial charge in [0.25, 0.3) is 0 Å². The van der Waals surface area contributed by atoms with Gasteiger partial charge in [-0.2, -0.15) is 0 Å². The van der Waals surface area contributed by atoms with Crippen molar-refractivity contribution in [1.29, 1.82) is 0 Å². The summed E-state index contributed by atoms with van der Waals surface area (Å²) in [6.45, 7) is 4.57. The molecule has 0 amide bonds. The topological polar surface area (TPSA) is 19.0 Å². The molecular weight excluding hydrogens is 436 g/mol. The molecular formula is C34H30N2. The lowest BCUT2D eigenvalue weighted by molar-refractivity contribution is 0.733. The molecule has 0 radical (unpaired) electrons. The first-order valence-electron chi connectivity index (χ1n) is 12.8. The Labute approximate surface area is 212 Å². The molecule has 0 saturated carbocycles. The Morgan fingerprint density at radius 2 is 1.25 bits per heavy atom. The number of aromatic amines is 1. The number of anilines is 3. The van der Waals surface area contributed by atoms with Crippen molar-refractivity contribution in [2.24, 2.45) is 0 Å². The fourth-order valence-corrected chi connectivity index (χ4v) is 5.16. The van der Waals surface area contributed by atoms with E-state index in [9.17, 15) is 0 Å². The van der Waals surface area contributed by atoms with Crippen LogP contribution in [-0.2, 0) is 0 Å². The van der Waals surface area contributed by atoms with Gasteiger partial charge in [0.15, 0.2) is 0 Å². The number of para-hydroxylation sites is 3. The summed E-state index contributed by atoms with van der Waals surface area (Å²) in [6, 6.07) is 43.7. The van der Waals surface area contributed by atoms with Crippen LogP contribution in [0.2, 0.25) is 0 Å². The molecule has 6 rings (SSSR count). The molecule has 2 heteroatoms. The largest absolute Gasteiger partial charge is 0.355 e. The summed E-state index contributed by atoms with van der Waals surface area (Å²) < 4.78 is 0. The van der Waals surface area contributed by atoms with Gasteiger partial charge < -0.3 is 9.88 Å². The van der Waals surface area contributed by atoms with Crippen molar-refractivity contribution < 1.29 is 0 Å². The fraction of sp³-hybridized carbons (Fsp3) is 0.118. The van der Waals surface area contributed by atoms with Gasteiger partial charge in [-0.05, 0) is 77.6 Å². The van der Waals surface area contributed by atoms with E-state index in [1.807, 2.05) is 0 Å². The van der Waals surface area contributed by atoms with E-state index in [2.05, 4.69) is 145 Å². The summed E-state index contributed by atoms with van der Waals surface area (Å²) in [6.07, 6.45) is 1.11. The molecule has 0 aliphatic carbocycles. The highest BCUT2D eigenvalue weighted by atomic mass is 15.1. The molecule has 5 aromatic carbocycles. The van der Waals surface area contributed by atoms with Crippen molar-refractivity contribution in [2.75, 3.05) is 4.90 Å². The Morgan fingerprint density at radius 3 is 2.06 bits per heavy atom. The molecule has 1 aromatic heterocycles. The van der Waals surface area contributed by atoms with Crippen LogP contribution in [-0.4, -0.2) is 4.98 Å². The average Bonchev–Trinajstić information content (AvgIpc) is 3.32. The standard InChI is InChI=1S/C34H30N2/c1-3-24(2)29-13-8-10-16-34(29)36(27-11-5-4-6-12-27)28-20-17-25(18-21-28)26-19-22-33-31(23-26)30-14-7-9-15-32(30)35-33/h4-24,35H,3H2,1-2H3. The summed E-state index contributed by atoms with van der Waals surface area (Å²) in [4.78, 5) is 5.91. The van der Waals surface area contributed by atoms with Gasteiger partial charge in [-0.25, -0.2) is 0 Å². The van der Waals surface area contributed by atoms with Gasteiger partial charge in [0.2, 0.25) is 0 Å². The molecule has 1 heterocycles. The van der Waals surface area contributed by atoms with Crippen LogP contribution in [0.25, 0.3) is 32.9 Å². The molecule has 0 fully saturated rings. The number of rotatable bonds is 6. The first-order chi connectivity index (χ1) is 17.7. The van der Waals surface area contributed by atoms with Gasteiger partial charge in [-0.3, -0.25) is 0 Å². The summed E-state index contributed by atoms with van der Waals surface area (Å²) >= 11 is 0. The molecule has 1 atom stereocenters. The maximum atomic E-state index is 3.53. The lowest BCUT2D eigenvalue weighted by atomic mass is 9.95. The van der Waals surface area contributed by atoms with Crippen molar-refractivity contribution >= 4 is 38.9 Å². The SMILES string of the molecule is CCC(C)c1ccccc1N(c1ccccc1)c1ccc(-c2ccc3[nH]c4ccccc4c3c2)cc1. The van der Waals surface area contributed by atoms with Gasteiger partial charge in [-0.15, -0.1) is 0 Å². The summed E-state index contributed by atoms with van der Waals surface area (Å²) in [5, 5.41) is 2.53. The van der Waals surface area contributed by atoms with Crippen LogP contribution in [0, 0.1) is 0 Å². The number of nitrogens with one attached hydrogen (secondary N) is 1. The van der Waals surface area contributed by atoms with E-state index < -0.39 is 0 Å². The highest BCUT2D eigenvalue weighted by Crippen LogP contribution is 2.40. The summed E-state index contributed by atoms with van der Waals surface area (Å²) in [7, 11) is 0. The van der Waals surface area contributed by atoms with E-state index in [4.69, 9.17) is 0 Å². The van der Waals surface area contributed by atoms with E-state index in [-0.39, 0.29) is 0 Å². The molecule has 1 N–H and O–H groups in total. The fourth-order valence-electron chi connectivity index (χ4n) is 5.16. The molecule has 0 aliphatic rings. The number of hydrogen-bond donors (Lipinski definition) is 1. The van der Waals surface area contributed by atoms with Crippen LogP contribution in [0.4, 0.5) is 17.1 Å². The molecule has 0 spiro atoms. The van der Waals surface area contributed by atoms with E-state index in [0.717, 1.165) is 12.1 Å². The van der Waals surface area contributed by atoms with Gasteiger partial charge in [0.05, 0.1) is 0 Å². The normalized spacial score (nSPS) is 12.2. The minimum absolute atomic E-state index is 0.481. The van der Waals surface area contributed by atoms with Crippen LogP contribution in [0.5, 0.6) is 0 Å². The molecule has 0 aliphatic heterocycles. The first kappa shape index (κ1) is 22.2. The number of aromatic nitrogens is 1. The summed E-state index contributed by atoms with van der Waals surface area (Å²) in [5.74, 6) is 0.481. The van der Waals surface area contributed by atoms with Gasteiger partial charge in [-0.1, -0.05) is 86.6 Å². The second-order valence-electron chi connectivity index (χ2n) is 9.52. The number of nitrogens with zero attached hydrogens (tertiary/aromatic N) is 1. The lowest BCUT2D eigenvalue weighted by Crippen LogP contribution is -2.13. The van der Waals surface area contributed by atoms with Crippen molar-refractivity contribution in [3.63, 3.8) is 0 Å². The van der Waals surface area contributed by atoms with E-state index >= 15 is 0 Å². The van der Waals surface area contributed by atoms with Crippen LogP contribution < -0.4 is 4.90 Å². The highest BCUT2D eigenvalue weighted by molar-refractivity contribution is 6.08. The van der Waals surface area contributed by atoms with Gasteiger partial charge >= 0.3 is 0 Å². The van der Waals surface area contributed by atoms with E-state index in [1.54, 1.807) is 0 Å². The third-order valence-corrected chi connectivity index (χ3v) is 7.30. The first-order valence-corrected chi connectivity index (χ1v) is 12.8. The third-order valence-electron chi connectivity index (χ3n) is 7.30. The van der Waals surface area contributed by atoms with E-state index in [0.29, 0.717) is 5.92 Å². The Hall–Kier alpha value is -4.30. The van der Waals surface area contributed by atoms with Gasteiger partial charge in [0, 0.05) is 38.9 Å². The molecule has 2 nitrogen and oxygen atoms in total. The predicted molar refractivity (Wildman–Crippen MR) is 155 cm³/mol. The second-order valence-corrected chi connectivity index (χ2v) is 9.52. The van der Waals surface area contributed by atoms with Crippen LogP contribution in [0.15, 0.2) is 121 Å². The molecule has 1 unspecified atom stereocenters. The molecule has 6 aromatic rings. The lowest BCUT2D eigenvalue weighted by Gasteiger charge is -2.29. The van der Waals surface area contributed by atoms with Crippen molar-refractivity contribution in [1.82, 2.24) is 4.98 Å². The Morgan fingerprint density at radius 1 is 0.611 bits per heavy atom. The van der Waals surface area contributed by atoms with Crippen LogP contribution >= 0.6 is 0 Å². The number of H-pyrrole nitrogens is 1. The van der Waals surface area contributed by atoms with Crippen LogP contribution in [0.1, 0.15) is 31.7 Å². The number of fused-ring (bicyclic) bond motifs is 3. The Bertz CT molecular complexity index is 1630. The third kappa shape index (κ3) is 3.95. The molecule has 0 saturated heterocycles. The maximum Gasteiger partial charge on any atom is 0.0496 e. The molecule has 0 bridgehead atoms. The minimum Gasteiger partial charge on any atom is -0.355 e. The van der Waals surface area contributed by atoms with Crippen molar-refractivity contribution in [2.45, 2.75) is 26.2 Å². The second kappa shape index (κ2) is 9.39. The van der Waals surface area contributed by atoms with Crippen molar-refractivity contribution in [3.8, 4) is 11.1 Å². The monoisotopic (exact) mass is 466 g/mol. The zero-order valence-corrected chi connectivity index (χ0v) is 20.8. The van der Waals surface area contributed by atoms with Crippen molar-refractivity contribution in [3.05, 3.63) is 127 Å². The van der Waals surface area contributed by atoms with E-state index in [1.165, 1.54) is 49.9 Å². The molecule has 36 heavy (non-hydrogen) atoms. The number of hydrogen-bond acceptors (Lipinski definition) is 1. The smallest absolute Gasteiger partial charge is 0.0496 e. The summed E-state index contributed by atoms with van der Waals surface area (Å²) in [5.41, 5.74) is 9.74. The maximum absolute atomic E-state index is 3.53. The predicted octanol–water partition coefficient (Wildman–Crippen LogP) is 9.97. The Balaban J connectivity index is 1.43. The minimum atomic E-state index is 0.481. The van der Waals surface area contributed by atoms with Crippen LogP contribution in [0.3, 0.4) is 0 Å². The quantitative estimate of drug-likeness (QED) is 0.259. The van der Waals surface area contributed by atoms with Gasteiger partial charge in [0.1, 0.15) is 0 Å². The average molecular weight is 467 g/mol. The zero-order valence-electron chi connectivity index (χ0n) is 20.8. The highest BCUT2D eigenvalue weighted by Gasteiger charge is 2.18. The Kier molecular flexibility index (Phi) is 5.79. The molecule has 176 valence electrons. The zero-order chi connectivity index (χ0) is 24.5.